The molecule has 0 aliphatic heterocycles. The molecule has 0 aliphatic rings. The summed E-state index contributed by atoms with van der Waals surface area (Å²) in [6.45, 7) is 0. The normalized spacial score (nSPS) is 10.1. The molecule has 3 aromatic rings. The monoisotopic (exact) mass is 353 g/mol. The molecule has 0 spiro atoms. The number of hydrogen-bond acceptors (Lipinski definition) is 5. The van der Waals surface area contributed by atoms with Crippen molar-refractivity contribution in [3.8, 4) is 11.3 Å². The van der Waals surface area contributed by atoms with Crippen LogP contribution in [-0.4, -0.2) is 28.3 Å². The van der Waals surface area contributed by atoms with Crippen LogP contribution in [0.15, 0.2) is 54.0 Å². The predicted molar refractivity (Wildman–Crippen MR) is 97.8 cm³/mol. The molecule has 0 unspecified atom stereocenters. The maximum Gasteiger partial charge on any atom is 0.324 e. The third-order valence-electron chi connectivity index (χ3n) is 3.36. The van der Waals surface area contributed by atoms with E-state index in [1.165, 1.54) is 30.8 Å². The van der Waals surface area contributed by atoms with Gasteiger partial charge in [-0.3, -0.25) is 10.1 Å². The van der Waals surface area contributed by atoms with E-state index in [1.54, 1.807) is 11.4 Å². The summed E-state index contributed by atoms with van der Waals surface area (Å²) in [5.41, 5.74) is 2.64. The zero-order valence-electron chi connectivity index (χ0n) is 13.3. The molecule has 126 valence electrons. The molecule has 0 aliphatic carbocycles. The molecule has 0 saturated heterocycles. The molecule has 0 fully saturated rings. The predicted octanol–water partition coefficient (Wildman–Crippen LogP) is 3.21. The van der Waals surface area contributed by atoms with Crippen LogP contribution in [-0.2, 0) is 0 Å². The lowest BCUT2D eigenvalue weighted by molar-refractivity contribution is 0.0963. The second-order valence-electron chi connectivity index (χ2n) is 5.03. The Labute approximate surface area is 148 Å². The van der Waals surface area contributed by atoms with Crippen LogP contribution in [0.4, 0.5) is 16.3 Å². The molecule has 3 amide bonds. The summed E-state index contributed by atoms with van der Waals surface area (Å²) in [4.78, 5) is 27.9. The van der Waals surface area contributed by atoms with E-state index in [2.05, 4.69) is 25.3 Å². The summed E-state index contributed by atoms with van der Waals surface area (Å²) in [6, 6.07) is 12.2. The first kappa shape index (κ1) is 16.6. The first-order chi connectivity index (χ1) is 12.2. The Morgan fingerprint density at radius 3 is 2.64 bits per heavy atom. The highest BCUT2D eigenvalue weighted by molar-refractivity contribution is 7.04. The fraction of sp³-hybridized carbons (Fsp3) is 0.0588. The first-order valence-electron chi connectivity index (χ1n) is 7.43. The van der Waals surface area contributed by atoms with E-state index < -0.39 is 6.03 Å². The van der Waals surface area contributed by atoms with Gasteiger partial charge in [0.15, 0.2) is 0 Å². The van der Waals surface area contributed by atoms with Gasteiger partial charge in [-0.05, 0) is 23.7 Å². The Morgan fingerprint density at radius 2 is 1.88 bits per heavy atom. The Kier molecular flexibility index (Phi) is 5.00. The van der Waals surface area contributed by atoms with Gasteiger partial charge in [0.2, 0.25) is 0 Å². The van der Waals surface area contributed by atoms with Crippen LogP contribution >= 0.6 is 11.5 Å². The van der Waals surface area contributed by atoms with E-state index in [0.29, 0.717) is 16.9 Å². The van der Waals surface area contributed by atoms with Crippen molar-refractivity contribution in [2.45, 2.75) is 0 Å². The zero-order chi connectivity index (χ0) is 17.6. The third-order valence-corrected chi connectivity index (χ3v) is 3.98. The minimum Gasteiger partial charge on any atom is -0.355 e. The average molecular weight is 353 g/mol. The summed E-state index contributed by atoms with van der Waals surface area (Å²) >= 11 is 1.26. The van der Waals surface area contributed by atoms with Crippen LogP contribution in [0.25, 0.3) is 11.3 Å². The van der Waals surface area contributed by atoms with Crippen molar-refractivity contribution < 1.29 is 9.59 Å². The van der Waals surface area contributed by atoms with Crippen LogP contribution in [0, 0.1) is 0 Å². The summed E-state index contributed by atoms with van der Waals surface area (Å²) < 4.78 is 4.33. The maximum absolute atomic E-state index is 12.2. The van der Waals surface area contributed by atoms with Crippen molar-refractivity contribution >= 4 is 35.0 Å². The van der Waals surface area contributed by atoms with Crippen LogP contribution in [0.2, 0.25) is 0 Å². The third kappa shape index (κ3) is 3.99. The average Bonchev–Trinajstić information content (AvgIpc) is 3.10. The van der Waals surface area contributed by atoms with Gasteiger partial charge in [-0.15, -0.1) is 0 Å². The van der Waals surface area contributed by atoms with Crippen LogP contribution in [0.3, 0.4) is 0 Å². The molecular formula is C17H15N5O2S. The molecule has 0 bridgehead atoms. The van der Waals surface area contributed by atoms with Gasteiger partial charge in [-0.1, -0.05) is 30.3 Å². The lowest BCUT2D eigenvalue weighted by Crippen LogP contribution is -2.21. The van der Waals surface area contributed by atoms with E-state index in [1.807, 2.05) is 30.3 Å². The van der Waals surface area contributed by atoms with Gasteiger partial charge in [0.1, 0.15) is 11.5 Å². The minimum atomic E-state index is -0.459. The summed E-state index contributed by atoms with van der Waals surface area (Å²) in [7, 11) is 1.54. The van der Waals surface area contributed by atoms with Crippen molar-refractivity contribution in [3.63, 3.8) is 0 Å². The van der Waals surface area contributed by atoms with Crippen molar-refractivity contribution in [3.05, 3.63) is 59.6 Å². The second kappa shape index (κ2) is 7.54. The van der Waals surface area contributed by atoms with E-state index in [9.17, 15) is 9.59 Å². The molecule has 0 saturated carbocycles. The molecule has 1 aromatic carbocycles. The van der Waals surface area contributed by atoms with Gasteiger partial charge in [0.05, 0.1) is 5.69 Å². The zero-order valence-corrected chi connectivity index (χ0v) is 14.1. The lowest BCUT2D eigenvalue weighted by atomic mass is 10.1. The SMILES string of the molecule is CNC(=O)c1ccnc(NC(=O)Nc2csnc2-c2ccccc2)c1. The van der Waals surface area contributed by atoms with Crippen molar-refractivity contribution in [2.24, 2.45) is 0 Å². The Balaban J connectivity index is 1.72. The molecule has 0 radical (unpaired) electrons. The molecule has 2 aromatic heterocycles. The first-order valence-corrected chi connectivity index (χ1v) is 8.27. The fourth-order valence-corrected chi connectivity index (χ4v) is 2.82. The number of nitrogens with one attached hydrogen (secondary N) is 3. The van der Waals surface area contributed by atoms with Gasteiger partial charge in [0.25, 0.3) is 5.91 Å². The Hall–Kier alpha value is -3.26. The highest BCUT2D eigenvalue weighted by Gasteiger charge is 2.12. The Bertz CT molecular complexity index is 895. The van der Waals surface area contributed by atoms with E-state index in [4.69, 9.17) is 0 Å². The number of amides is 3. The summed E-state index contributed by atoms with van der Waals surface area (Å²) in [5.74, 6) is 0.0299. The van der Waals surface area contributed by atoms with Crippen LogP contribution < -0.4 is 16.0 Å². The number of rotatable bonds is 4. The minimum absolute atomic E-state index is 0.251. The molecule has 7 nitrogen and oxygen atoms in total. The number of urea groups is 1. The number of aromatic nitrogens is 2. The fourth-order valence-electron chi connectivity index (χ4n) is 2.18. The largest absolute Gasteiger partial charge is 0.355 e. The van der Waals surface area contributed by atoms with Crippen molar-refractivity contribution in [1.82, 2.24) is 14.7 Å². The van der Waals surface area contributed by atoms with Crippen LogP contribution in [0.1, 0.15) is 10.4 Å². The van der Waals surface area contributed by atoms with E-state index >= 15 is 0 Å². The molecule has 3 N–H and O–H groups in total. The topological polar surface area (TPSA) is 96.0 Å². The summed E-state index contributed by atoms with van der Waals surface area (Å²) in [5, 5.41) is 9.65. The van der Waals surface area contributed by atoms with Gasteiger partial charge < -0.3 is 10.6 Å². The van der Waals surface area contributed by atoms with E-state index in [0.717, 1.165) is 5.56 Å². The lowest BCUT2D eigenvalue weighted by Gasteiger charge is -2.08. The Morgan fingerprint density at radius 1 is 1.08 bits per heavy atom. The van der Waals surface area contributed by atoms with Crippen molar-refractivity contribution in [1.29, 1.82) is 0 Å². The van der Waals surface area contributed by atoms with Gasteiger partial charge in [-0.2, -0.15) is 4.37 Å². The number of pyridine rings is 1. The maximum atomic E-state index is 12.2. The highest BCUT2D eigenvalue weighted by Crippen LogP contribution is 2.28. The van der Waals surface area contributed by atoms with E-state index in [-0.39, 0.29) is 11.7 Å². The number of nitrogens with zero attached hydrogens (tertiary/aromatic N) is 2. The number of carbonyl (C=O) groups excluding carboxylic acids is 2. The summed E-state index contributed by atoms with van der Waals surface area (Å²) in [6.07, 6.45) is 1.46. The molecule has 0 atom stereocenters. The number of benzene rings is 1. The smallest absolute Gasteiger partial charge is 0.324 e. The van der Waals surface area contributed by atoms with Gasteiger partial charge >= 0.3 is 6.03 Å². The molecule has 2 heterocycles. The standard InChI is InChI=1S/C17H15N5O2S/c1-18-16(23)12-7-8-19-14(9-12)21-17(24)20-13-10-25-22-15(13)11-5-3-2-4-6-11/h2-10H,1H3,(H,18,23)(H2,19,20,21,24). The van der Waals surface area contributed by atoms with Gasteiger partial charge in [-0.25, -0.2) is 9.78 Å². The van der Waals surface area contributed by atoms with Crippen molar-refractivity contribution in [2.75, 3.05) is 17.7 Å². The molecule has 8 heteroatoms. The highest BCUT2D eigenvalue weighted by atomic mass is 32.1. The molecule has 3 rings (SSSR count). The quantitative estimate of drug-likeness (QED) is 0.671. The molecule has 25 heavy (non-hydrogen) atoms. The number of carbonyl (C=O) groups is 2. The second-order valence-corrected chi connectivity index (χ2v) is 5.66. The molecular weight excluding hydrogens is 338 g/mol. The number of anilines is 2. The van der Waals surface area contributed by atoms with Crippen LogP contribution in [0.5, 0.6) is 0 Å². The van der Waals surface area contributed by atoms with Gasteiger partial charge in [0, 0.05) is 29.8 Å². The number of hydrogen-bond donors (Lipinski definition) is 3.